The average Bonchev–Trinajstić information content (AvgIpc) is 3.16. The van der Waals surface area contributed by atoms with Crippen LogP contribution in [-0.4, -0.2) is 37.6 Å². The number of aromatic nitrogens is 1. The van der Waals surface area contributed by atoms with Crippen molar-refractivity contribution in [3.8, 4) is 11.5 Å². The second-order valence-electron chi connectivity index (χ2n) is 6.33. The van der Waals surface area contributed by atoms with E-state index in [2.05, 4.69) is 11.9 Å². The average molecular weight is 381 g/mol. The molecular formula is C22H23NO5. The molecular weight excluding hydrogens is 358 g/mol. The molecule has 0 amide bonds. The van der Waals surface area contributed by atoms with E-state index >= 15 is 0 Å². The molecule has 2 aromatic carbocycles. The number of nitrogens with one attached hydrogen (secondary N) is 1. The first-order chi connectivity index (χ1) is 13.6. The maximum absolute atomic E-state index is 12.5. The SMILES string of the molecule is CCc1cccc2c(C(=O)COC(=O)Cc3ccc(OC)cc3OC)c[nH]c12. The fourth-order valence-electron chi connectivity index (χ4n) is 3.17. The van der Waals surface area contributed by atoms with E-state index in [0.717, 1.165) is 22.9 Å². The predicted molar refractivity (Wildman–Crippen MR) is 106 cm³/mol. The van der Waals surface area contributed by atoms with Crippen LogP contribution in [0.1, 0.15) is 28.4 Å². The van der Waals surface area contributed by atoms with E-state index in [0.29, 0.717) is 22.6 Å². The number of rotatable bonds is 8. The summed E-state index contributed by atoms with van der Waals surface area (Å²) in [5.41, 5.74) is 3.28. The summed E-state index contributed by atoms with van der Waals surface area (Å²) < 4.78 is 15.6. The Morgan fingerprint density at radius 3 is 2.57 bits per heavy atom. The van der Waals surface area contributed by atoms with Gasteiger partial charge in [-0.15, -0.1) is 0 Å². The minimum atomic E-state index is -0.495. The maximum Gasteiger partial charge on any atom is 0.310 e. The Bertz CT molecular complexity index is 1010. The Labute approximate surface area is 163 Å². The van der Waals surface area contributed by atoms with Crippen molar-refractivity contribution in [2.24, 2.45) is 0 Å². The van der Waals surface area contributed by atoms with E-state index < -0.39 is 5.97 Å². The monoisotopic (exact) mass is 381 g/mol. The fraction of sp³-hybridized carbons (Fsp3) is 0.273. The van der Waals surface area contributed by atoms with Crippen LogP contribution in [0.2, 0.25) is 0 Å². The second kappa shape index (κ2) is 8.61. The Kier molecular flexibility index (Phi) is 5.99. The number of aryl methyl sites for hydroxylation is 1. The lowest BCUT2D eigenvalue weighted by Crippen LogP contribution is -2.15. The van der Waals surface area contributed by atoms with Crippen molar-refractivity contribution in [3.05, 3.63) is 59.3 Å². The molecule has 0 radical (unpaired) electrons. The predicted octanol–water partition coefficient (Wildman–Crippen LogP) is 3.72. The summed E-state index contributed by atoms with van der Waals surface area (Å²) >= 11 is 0. The lowest BCUT2D eigenvalue weighted by Gasteiger charge is -2.10. The molecule has 0 bridgehead atoms. The molecule has 3 rings (SSSR count). The summed E-state index contributed by atoms with van der Waals surface area (Å²) in [7, 11) is 3.08. The van der Waals surface area contributed by atoms with Gasteiger partial charge >= 0.3 is 5.97 Å². The van der Waals surface area contributed by atoms with Gasteiger partial charge in [0, 0.05) is 34.3 Å². The third kappa shape index (κ3) is 4.01. The summed E-state index contributed by atoms with van der Waals surface area (Å²) in [5, 5.41) is 0.845. The maximum atomic E-state index is 12.5. The Morgan fingerprint density at radius 2 is 1.86 bits per heavy atom. The Balaban J connectivity index is 1.66. The molecule has 0 aliphatic carbocycles. The van der Waals surface area contributed by atoms with Crippen LogP contribution in [-0.2, 0) is 22.4 Å². The van der Waals surface area contributed by atoms with Crippen LogP contribution in [0.4, 0.5) is 0 Å². The number of benzene rings is 2. The number of para-hydroxylation sites is 1. The molecule has 0 aliphatic rings. The number of methoxy groups -OCH3 is 2. The first kappa shape index (κ1) is 19.5. The van der Waals surface area contributed by atoms with E-state index in [1.165, 1.54) is 7.11 Å². The van der Waals surface area contributed by atoms with Gasteiger partial charge in [0.05, 0.1) is 20.6 Å². The highest BCUT2D eigenvalue weighted by Crippen LogP contribution is 2.25. The van der Waals surface area contributed by atoms with Crippen LogP contribution in [0.5, 0.6) is 11.5 Å². The number of carbonyl (C=O) groups is 2. The van der Waals surface area contributed by atoms with E-state index in [9.17, 15) is 9.59 Å². The van der Waals surface area contributed by atoms with Gasteiger partial charge in [-0.25, -0.2) is 0 Å². The first-order valence-electron chi connectivity index (χ1n) is 9.06. The molecule has 28 heavy (non-hydrogen) atoms. The summed E-state index contributed by atoms with van der Waals surface area (Å²) in [6.07, 6.45) is 2.55. The van der Waals surface area contributed by atoms with E-state index in [1.807, 2.05) is 18.2 Å². The van der Waals surface area contributed by atoms with Gasteiger partial charge in [-0.2, -0.15) is 0 Å². The van der Waals surface area contributed by atoms with Crippen LogP contribution < -0.4 is 9.47 Å². The number of esters is 1. The Hall–Kier alpha value is -3.28. The molecule has 6 nitrogen and oxygen atoms in total. The molecule has 1 N–H and O–H groups in total. The number of H-pyrrole nitrogens is 1. The minimum Gasteiger partial charge on any atom is -0.497 e. The standard InChI is InChI=1S/C22H23NO5/c1-4-14-6-5-7-17-18(12-23-22(14)17)19(24)13-28-21(25)10-15-8-9-16(26-2)11-20(15)27-3/h5-9,11-12,23H,4,10,13H2,1-3H3. The van der Waals surface area contributed by atoms with Crippen molar-refractivity contribution in [1.29, 1.82) is 0 Å². The number of hydrogen-bond donors (Lipinski definition) is 1. The van der Waals surface area contributed by atoms with E-state index in [4.69, 9.17) is 14.2 Å². The summed E-state index contributed by atoms with van der Waals surface area (Å²) in [6, 6.07) is 11.0. The van der Waals surface area contributed by atoms with Crippen molar-refractivity contribution < 1.29 is 23.8 Å². The zero-order valence-corrected chi connectivity index (χ0v) is 16.2. The molecule has 0 fully saturated rings. The lowest BCUT2D eigenvalue weighted by molar-refractivity contribution is -0.141. The highest BCUT2D eigenvalue weighted by Gasteiger charge is 2.17. The first-order valence-corrected chi connectivity index (χ1v) is 9.06. The number of ketones is 1. The Morgan fingerprint density at radius 1 is 1.04 bits per heavy atom. The van der Waals surface area contributed by atoms with Crippen LogP contribution in [0.15, 0.2) is 42.6 Å². The normalized spacial score (nSPS) is 10.7. The number of ether oxygens (including phenoxy) is 3. The molecule has 0 aliphatic heterocycles. The molecule has 0 saturated carbocycles. The van der Waals surface area contributed by atoms with Crippen LogP contribution in [0, 0.1) is 0 Å². The number of Topliss-reactive ketones (excluding diaryl/α,β-unsaturated/α-hetero) is 1. The summed E-state index contributed by atoms with van der Waals surface area (Å²) in [4.78, 5) is 27.9. The fourth-order valence-corrected chi connectivity index (χ4v) is 3.17. The highest BCUT2D eigenvalue weighted by molar-refractivity contribution is 6.09. The van der Waals surface area contributed by atoms with Gasteiger partial charge in [-0.1, -0.05) is 31.2 Å². The number of aromatic amines is 1. The number of fused-ring (bicyclic) bond motifs is 1. The molecule has 3 aromatic rings. The van der Waals surface area contributed by atoms with Crippen molar-refractivity contribution in [3.63, 3.8) is 0 Å². The van der Waals surface area contributed by atoms with Gasteiger partial charge < -0.3 is 19.2 Å². The molecule has 0 saturated heterocycles. The van der Waals surface area contributed by atoms with Crippen LogP contribution in [0.3, 0.4) is 0 Å². The van der Waals surface area contributed by atoms with E-state index in [1.54, 1.807) is 31.5 Å². The van der Waals surface area contributed by atoms with Crippen molar-refractivity contribution in [2.75, 3.05) is 20.8 Å². The lowest BCUT2D eigenvalue weighted by atomic mass is 10.1. The van der Waals surface area contributed by atoms with Crippen LogP contribution in [0.25, 0.3) is 10.9 Å². The minimum absolute atomic E-state index is 0.00825. The van der Waals surface area contributed by atoms with Gasteiger partial charge in [0.25, 0.3) is 0 Å². The van der Waals surface area contributed by atoms with Gasteiger partial charge in [0.1, 0.15) is 11.5 Å². The molecule has 0 spiro atoms. The highest BCUT2D eigenvalue weighted by atomic mass is 16.5. The molecule has 146 valence electrons. The van der Waals surface area contributed by atoms with Crippen molar-refractivity contribution in [2.45, 2.75) is 19.8 Å². The van der Waals surface area contributed by atoms with Gasteiger partial charge in [-0.3, -0.25) is 9.59 Å². The largest absolute Gasteiger partial charge is 0.497 e. The van der Waals surface area contributed by atoms with Gasteiger partial charge in [-0.05, 0) is 18.1 Å². The third-order valence-corrected chi connectivity index (χ3v) is 4.68. The smallest absolute Gasteiger partial charge is 0.310 e. The number of carbonyl (C=O) groups excluding carboxylic acids is 2. The second-order valence-corrected chi connectivity index (χ2v) is 6.33. The molecule has 1 heterocycles. The van der Waals surface area contributed by atoms with Crippen molar-refractivity contribution in [1.82, 2.24) is 4.98 Å². The zero-order valence-electron chi connectivity index (χ0n) is 16.2. The quantitative estimate of drug-likeness (QED) is 0.475. The molecule has 0 unspecified atom stereocenters. The van der Waals surface area contributed by atoms with Gasteiger partial charge in [0.15, 0.2) is 6.61 Å². The van der Waals surface area contributed by atoms with Crippen LogP contribution >= 0.6 is 0 Å². The van der Waals surface area contributed by atoms with Gasteiger partial charge in [0.2, 0.25) is 5.78 Å². The summed E-state index contributed by atoms with van der Waals surface area (Å²) in [5.74, 6) is 0.432. The third-order valence-electron chi connectivity index (χ3n) is 4.68. The topological polar surface area (TPSA) is 77.6 Å². The number of hydrogen-bond acceptors (Lipinski definition) is 5. The van der Waals surface area contributed by atoms with E-state index in [-0.39, 0.29) is 18.8 Å². The zero-order chi connectivity index (χ0) is 20.1. The van der Waals surface area contributed by atoms with Crippen molar-refractivity contribution >= 4 is 22.7 Å². The molecule has 1 aromatic heterocycles. The molecule has 0 atom stereocenters. The summed E-state index contributed by atoms with van der Waals surface area (Å²) in [6.45, 7) is 1.76. The molecule has 6 heteroatoms.